The Morgan fingerprint density at radius 1 is 1.35 bits per heavy atom. The van der Waals surface area contributed by atoms with E-state index in [1.165, 1.54) is 31.5 Å². The maximum Gasteiger partial charge on any atom is 0.0573 e. The van der Waals surface area contributed by atoms with E-state index in [4.69, 9.17) is 0 Å². The van der Waals surface area contributed by atoms with E-state index >= 15 is 0 Å². The van der Waals surface area contributed by atoms with Gasteiger partial charge in [-0.05, 0) is 30.7 Å². The Bertz CT molecular complexity index is 371. The SMILES string of the molecule is CCC1(CC)CCN(c2cncc(NC)c2)C1. The minimum absolute atomic E-state index is 0.523. The fraction of sp³-hybridized carbons (Fsp3) is 0.643. The van der Waals surface area contributed by atoms with Gasteiger partial charge in [0, 0.05) is 20.1 Å². The molecular formula is C14H23N3. The zero-order valence-electron chi connectivity index (χ0n) is 11.2. The van der Waals surface area contributed by atoms with Crippen molar-refractivity contribution in [3.63, 3.8) is 0 Å². The van der Waals surface area contributed by atoms with E-state index in [1.54, 1.807) is 0 Å². The van der Waals surface area contributed by atoms with Crippen molar-refractivity contribution in [1.29, 1.82) is 0 Å². The lowest BCUT2D eigenvalue weighted by molar-refractivity contribution is 0.301. The van der Waals surface area contributed by atoms with Crippen LogP contribution in [0.5, 0.6) is 0 Å². The number of pyridine rings is 1. The molecule has 0 bridgehead atoms. The molecular weight excluding hydrogens is 210 g/mol. The van der Waals surface area contributed by atoms with Crippen LogP contribution in [-0.2, 0) is 0 Å². The molecule has 0 spiro atoms. The smallest absolute Gasteiger partial charge is 0.0573 e. The van der Waals surface area contributed by atoms with Crippen molar-refractivity contribution in [2.24, 2.45) is 5.41 Å². The Morgan fingerprint density at radius 2 is 2.12 bits per heavy atom. The summed E-state index contributed by atoms with van der Waals surface area (Å²) in [6, 6.07) is 2.19. The topological polar surface area (TPSA) is 28.2 Å². The molecule has 3 heteroatoms. The highest BCUT2D eigenvalue weighted by Crippen LogP contribution is 2.39. The van der Waals surface area contributed by atoms with E-state index in [9.17, 15) is 0 Å². The number of hydrogen-bond acceptors (Lipinski definition) is 3. The Balaban J connectivity index is 2.14. The first kappa shape index (κ1) is 12.2. The molecule has 1 aromatic heterocycles. The van der Waals surface area contributed by atoms with Crippen molar-refractivity contribution < 1.29 is 0 Å². The molecule has 1 aromatic rings. The summed E-state index contributed by atoms with van der Waals surface area (Å²) in [4.78, 5) is 6.77. The molecule has 1 fully saturated rings. The average molecular weight is 233 g/mol. The van der Waals surface area contributed by atoms with Gasteiger partial charge < -0.3 is 10.2 Å². The van der Waals surface area contributed by atoms with Crippen LogP contribution >= 0.6 is 0 Å². The van der Waals surface area contributed by atoms with Crippen LogP contribution in [0.25, 0.3) is 0 Å². The summed E-state index contributed by atoms with van der Waals surface area (Å²) in [5.74, 6) is 0. The number of hydrogen-bond donors (Lipinski definition) is 1. The van der Waals surface area contributed by atoms with Crippen molar-refractivity contribution in [3.8, 4) is 0 Å². The fourth-order valence-corrected chi connectivity index (χ4v) is 2.72. The lowest BCUT2D eigenvalue weighted by atomic mass is 9.82. The van der Waals surface area contributed by atoms with Gasteiger partial charge in [-0.3, -0.25) is 4.98 Å². The predicted octanol–water partition coefficient (Wildman–Crippen LogP) is 3.14. The van der Waals surface area contributed by atoms with Crippen molar-refractivity contribution in [2.75, 3.05) is 30.4 Å². The first-order valence-electron chi connectivity index (χ1n) is 6.61. The summed E-state index contributed by atoms with van der Waals surface area (Å²) >= 11 is 0. The quantitative estimate of drug-likeness (QED) is 0.866. The van der Waals surface area contributed by atoms with Crippen LogP contribution in [0.15, 0.2) is 18.5 Å². The van der Waals surface area contributed by atoms with Gasteiger partial charge in [-0.25, -0.2) is 0 Å². The van der Waals surface area contributed by atoms with Crippen LogP contribution < -0.4 is 10.2 Å². The van der Waals surface area contributed by atoms with Gasteiger partial charge in [-0.2, -0.15) is 0 Å². The Morgan fingerprint density at radius 3 is 2.71 bits per heavy atom. The molecule has 1 saturated heterocycles. The van der Waals surface area contributed by atoms with E-state index in [-0.39, 0.29) is 0 Å². The third-order valence-corrected chi connectivity index (χ3v) is 4.32. The summed E-state index contributed by atoms with van der Waals surface area (Å²) < 4.78 is 0. The van der Waals surface area contributed by atoms with Crippen LogP contribution in [-0.4, -0.2) is 25.1 Å². The third-order valence-electron chi connectivity index (χ3n) is 4.32. The van der Waals surface area contributed by atoms with Crippen LogP contribution in [0.1, 0.15) is 33.1 Å². The van der Waals surface area contributed by atoms with Crippen molar-refractivity contribution in [1.82, 2.24) is 4.98 Å². The van der Waals surface area contributed by atoms with Crippen LogP contribution in [0.4, 0.5) is 11.4 Å². The first-order valence-corrected chi connectivity index (χ1v) is 6.61. The number of anilines is 2. The molecule has 94 valence electrons. The highest BCUT2D eigenvalue weighted by Gasteiger charge is 2.34. The van der Waals surface area contributed by atoms with Crippen molar-refractivity contribution in [2.45, 2.75) is 33.1 Å². The van der Waals surface area contributed by atoms with Crippen LogP contribution in [0.2, 0.25) is 0 Å². The molecule has 1 N–H and O–H groups in total. The minimum atomic E-state index is 0.523. The molecule has 2 heterocycles. The molecule has 0 saturated carbocycles. The van der Waals surface area contributed by atoms with E-state index in [1.807, 2.05) is 19.4 Å². The molecule has 2 rings (SSSR count). The molecule has 0 aliphatic carbocycles. The maximum absolute atomic E-state index is 4.30. The van der Waals surface area contributed by atoms with E-state index in [0.29, 0.717) is 5.41 Å². The molecule has 17 heavy (non-hydrogen) atoms. The van der Waals surface area contributed by atoms with Crippen LogP contribution in [0, 0.1) is 5.41 Å². The molecule has 0 aromatic carbocycles. The van der Waals surface area contributed by atoms with Gasteiger partial charge in [0.25, 0.3) is 0 Å². The normalized spacial score (nSPS) is 18.4. The monoisotopic (exact) mass is 233 g/mol. The molecule has 0 atom stereocenters. The number of nitrogens with one attached hydrogen (secondary N) is 1. The van der Waals surface area contributed by atoms with Crippen LogP contribution in [0.3, 0.4) is 0 Å². The summed E-state index contributed by atoms with van der Waals surface area (Å²) in [6.07, 6.45) is 7.71. The first-order chi connectivity index (χ1) is 8.23. The predicted molar refractivity (Wildman–Crippen MR) is 73.6 cm³/mol. The highest BCUT2D eigenvalue weighted by atomic mass is 15.2. The Kier molecular flexibility index (Phi) is 3.55. The minimum Gasteiger partial charge on any atom is -0.387 e. The summed E-state index contributed by atoms with van der Waals surface area (Å²) in [6.45, 7) is 6.97. The number of rotatable bonds is 4. The van der Waals surface area contributed by atoms with Gasteiger partial charge in [0.15, 0.2) is 0 Å². The third kappa shape index (κ3) is 2.38. The average Bonchev–Trinajstić information content (AvgIpc) is 2.84. The highest BCUT2D eigenvalue weighted by molar-refractivity contribution is 5.56. The van der Waals surface area contributed by atoms with Crippen molar-refractivity contribution >= 4 is 11.4 Å². The van der Waals surface area contributed by atoms with Gasteiger partial charge in [0.2, 0.25) is 0 Å². The molecule has 0 amide bonds. The fourth-order valence-electron chi connectivity index (χ4n) is 2.72. The summed E-state index contributed by atoms with van der Waals surface area (Å²) in [7, 11) is 1.94. The lowest BCUT2D eigenvalue weighted by Gasteiger charge is -2.27. The van der Waals surface area contributed by atoms with Gasteiger partial charge >= 0.3 is 0 Å². The zero-order chi connectivity index (χ0) is 12.3. The second-order valence-corrected chi connectivity index (χ2v) is 5.06. The summed E-state index contributed by atoms with van der Waals surface area (Å²) in [5, 5.41) is 3.15. The molecule has 1 aliphatic rings. The standard InChI is InChI=1S/C14H23N3/c1-4-14(5-2)6-7-17(11-14)13-8-12(15-3)9-16-10-13/h8-10,15H,4-7,11H2,1-3H3. The number of aromatic nitrogens is 1. The Labute approximate surface area is 104 Å². The van der Waals surface area contributed by atoms with E-state index in [0.717, 1.165) is 12.2 Å². The zero-order valence-corrected chi connectivity index (χ0v) is 11.2. The van der Waals surface area contributed by atoms with Gasteiger partial charge in [-0.1, -0.05) is 13.8 Å². The molecule has 0 radical (unpaired) electrons. The second kappa shape index (κ2) is 4.94. The maximum atomic E-state index is 4.30. The van der Waals surface area contributed by atoms with E-state index < -0.39 is 0 Å². The van der Waals surface area contributed by atoms with Gasteiger partial charge in [0.05, 0.1) is 23.8 Å². The molecule has 0 unspecified atom stereocenters. The Hall–Kier alpha value is -1.25. The van der Waals surface area contributed by atoms with Gasteiger partial charge in [0.1, 0.15) is 0 Å². The molecule has 1 aliphatic heterocycles. The molecule has 3 nitrogen and oxygen atoms in total. The number of nitrogens with zero attached hydrogens (tertiary/aromatic N) is 2. The largest absolute Gasteiger partial charge is 0.387 e. The van der Waals surface area contributed by atoms with Crippen molar-refractivity contribution in [3.05, 3.63) is 18.5 Å². The van der Waals surface area contributed by atoms with E-state index in [2.05, 4.69) is 35.1 Å². The lowest BCUT2D eigenvalue weighted by Crippen LogP contribution is -2.26. The second-order valence-electron chi connectivity index (χ2n) is 5.06. The van der Waals surface area contributed by atoms with Gasteiger partial charge in [-0.15, -0.1) is 0 Å². The summed E-state index contributed by atoms with van der Waals surface area (Å²) in [5.41, 5.74) is 2.86.